The Kier molecular flexibility index (Phi) is 5.22. The number of morpholine rings is 1. The van der Waals surface area contributed by atoms with E-state index in [0.717, 1.165) is 32.8 Å². The molecule has 1 atom stereocenters. The van der Waals surface area contributed by atoms with Gasteiger partial charge in [0, 0.05) is 31.7 Å². The van der Waals surface area contributed by atoms with E-state index in [0.29, 0.717) is 17.5 Å². The van der Waals surface area contributed by atoms with Crippen LogP contribution in [-0.2, 0) is 4.74 Å². The first-order chi connectivity index (χ1) is 7.41. The Labute approximate surface area is 101 Å². The summed E-state index contributed by atoms with van der Waals surface area (Å²) in [5.41, 5.74) is 0.329. The molecule has 1 unspecified atom stereocenters. The van der Waals surface area contributed by atoms with Gasteiger partial charge in [-0.05, 0) is 12.3 Å². The molecule has 1 heterocycles. The summed E-state index contributed by atoms with van der Waals surface area (Å²) >= 11 is 0. The van der Waals surface area contributed by atoms with Gasteiger partial charge in [-0.15, -0.1) is 0 Å². The van der Waals surface area contributed by atoms with Crippen molar-refractivity contribution in [3.8, 4) is 0 Å². The van der Waals surface area contributed by atoms with Gasteiger partial charge in [-0.3, -0.25) is 4.90 Å². The summed E-state index contributed by atoms with van der Waals surface area (Å²) in [5, 5.41) is 3.53. The highest BCUT2D eigenvalue weighted by Gasteiger charge is 2.26. The molecule has 0 spiro atoms. The molecule has 0 aromatic rings. The average molecular weight is 228 g/mol. The lowest BCUT2D eigenvalue weighted by atomic mass is 9.91. The van der Waals surface area contributed by atoms with Crippen LogP contribution in [0.25, 0.3) is 0 Å². The quantitative estimate of drug-likeness (QED) is 0.775. The number of nitrogens with zero attached hydrogens (tertiary/aromatic N) is 1. The monoisotopic (exact) mass is 228 g/mol. The molecule has 1 N–H and O–H groups in total. The van der Waals surface area contributed by atoms with Gasteiger partial charge in [-0.2, -0.15) is 0 Å². The second-order valence-electron chi connectivity index (χ2n) is 6.09. The van der Waals surface area contributed by atoms with Crippen molar-refractivity contribution in [1.82, 2.24) is 10.2 Å². The first-order valence-corrected chi connectivity index (χ1v) is 6.46. The number of hydrogen-bond acceptors (Lipinski definition) is 3. The lowest BCUT2D eigenvalue weighted by molar-refractivity contribution is -0.0159. The molecule has 3 heteroatoms. The number of rotatable bonds is 5. The molecule has 1 rings (SSSR count). The SMILES string of the molecule is CC(C)NCC(C)(C)CN1CCOCC1C. The zero-order chi connectivity index (χ0) is 12.2. The van der Waals surface area contributed by atoms with Gasteiger partial charge in [0.1, 0.15) is 0 Å². The van der Waals surface area contributed by atoms with Crippen LogP contribution in [0.15, 0.2) is 0 Å². The maximum atomic E-state index is 5.47. The molecule has 0 radical (unpaired) electrons. The highest BCUT2D eigenvalue weighted by atomic mass is 16.5. The molecule has 1 fully saturated rings. The first kappa shape index (κ1) is 13.9. The van der Waals surface area contributed by atoms with Crippen molar-refractivity contribution in [3.05, 3.63) is 0 Å². The lowest BCUT2D eigenvalue weighted by Gasteiger charge is -2.39. The van der Waals surface area contributed by atoms with Crippen molar-refractivity contribution >= 4 is 0 Å². The fraction of sp³-hybridized carbons (Fsp3) is 1.00. The van der Waals surface area contributed by atoms with Crippen molar-refractivity contribution in [1.29, 1.82) is 0 Å². The number of ether oxygens (including phenoxy) is 1. The summed E-state index contributed by atoms with van der Waals surface area (Å²) in [6, 6.07) is 1.13. The minimum atomic E-state index is 0.329. The van der Waals surface area contributed by atoms with Crippen molar-refractivity contribution < 1.29 is 4.74 Å². The van der Waals surface area contributed by atoms with E-state index in [9.17, 15) is 0 Å². The third-order valence-electron chi connectivity index (χ3n) is 3.13. The highest BCUT2D eigenvalue weighted by Crippen LogP contribution is 2.19. The van der Waals surface area contributed by atoms with Crippen LogP contribution in [0.1, 0.15) is 34.6 Å². The largest absolute Gasteiger partial charge is 0.379 e. The average Bonchev–Trinajstić information content (AvgIpc) is 2.19. The minimum absolute atomic E-state index is 0.329. The van der Waals surface area contributed by atoms with E-state index in [1.165, 1.54) is 0 Å². The van der Waals surface area contributed by atoms with Crippen LogP contribution in [0.3, 0.4) is 0 Å². The van der Waals surface area contributed by atoms with Crippen LogP contribution in [0.2, 0.25) is 0 Å². The lowest BCUT2D eigenvalue weighted by Crippen LogP contribution is -2.50. The third kappa shape index (κ3) is 4.81. The molecular formula is C13H28N2O. The van der Waals surface area contributed by atoms with Crippen LogP contribution in [-0.4, -0.2) is 49.8 Å². The van der Waals surface area contributed by atoms with E-state index in [1.54, 1.807) is 0 Å². The molecule has 0 aromatic carbocycles. The molecule has 3 nitrogen and oxygen atoms in total. The fourth-order valence-electron chi connectivity index (χ4n) is 2.08. The second-order valence-corrected chi connectivity index (χ2v) is 6.09. The summed E-state index contributed by atoms with van der Waals surface area (Å²) in [5.74, 6) is 0. The normalized spacial score (nSPS) is 24.0. The zero-order valence-electron chi connectivity index (χ0n) is 11.5. The molecule has 1 aliphatic heterocycles. The maximum absolute atomic E-state index is 5.47. The molecule has 0 aromatic heterocycles. The fourth-order valence-corrected chi connectivity index (χ4v) is 2.08. The van der Waals surface area contributed by atoms with E-state index < -0.39 is 0 Å². The molecule has 0 bridgehead atoms. The molecular weight excluding hydrogens is 200 g/mol. The van der Waals surface area contributed by atoms with E-state index in [-0.39, 0.29) is 0 Å². The van der Waals surface area contributed by atoms with Crippen LogP contribution < -0.4 is 5.32 Å². The van der Waals surface area contributed by atoms with Crippen molar-refractivity contribution in [2.24, 2.45) is 5.41 Å². The third-order valence-corrected chi connectivity index (χ3v) is 3.13. The summed E-state index contributed by atoms with van der Waals surface area (Å²) < 4.78 is 5.47. The molecule has 1 aliphatic rings. The molecule has 96 valence electrons. The van der Waals surface area contributed by atoms with E-state index in [2.05, 4.69) is 44.8 Å². The molecule has 0 amide bonds. The Morgan fingerprint density at radius 1 is 1.44 bits per heavy atom. The van der Waals surface area contributed by atoms with Gasteiger partial charge >= 0.3 is 0 Å². The van der Waals surface area contributed by atoms with E-state index >= 15 is 0 Å². The maximum Gasteiger partial charge on any atom is 0.0619 e. The Morgan fingerprint density at radius 2 is 2.12 bits per heavy atom. The Balaban J connectivity index is 2.37. The van der Waals surface area contributed by atoms with Gasteiger partial charge in [0.15, 0.2) is 0 Å². The van der Waals surface area contributed by atoms with E-state index in [4.69, 9.17) is 4.74 Å². The standard InChI is InChI=1S/C13H28N2O/c1-11(2)14-9-13(4,5)10-15-6-7-16-8-12(15)3/h11-12,14H,6-10H2,1-5H3. The van der Waals surface area contributed by atoms with Crippen LogP contribution in [0.5, 0.6) is 0 Å². The van der Waals surface area contributed by atoms with E-state index in [1.807, 2.05) is 0 Å². The van der Waals surface area contributed by atoms with Crippen molar-refractivity contribution in [3.63, 3.8) is 0 Å². The Morgan fingerprint density at radius 3 is 2.69 bits per heavy atom. The summed E-state index contributed by atoms with van der Waals surface area (Å²) in [4.78, 5) is 2.55. The predicted octanol–water partition coefficient (Wildman–Crippen LogP) is 1.73. The van der Waals surface area contributed by atoms with Gasteiger partial charge in [0.25, 0.3) is 0 Å². The van der Waals surface area contributed by atoms with Gasteiger partial charge in [0.2, 0.25) is 0 Å². The Hall–Kier alpha value is -0.120. The summed E-state index contributed by atoms with van der Waals surface area (Å²) in [7, 11) is 0. The predicted molar refractivity (Wildman–Crippen MR) is 68.8 cm³/mol. The second kappa shape index (κ2) is 5.99. The number of hydrogen-bond donors (Lipinski definition) is 1. The minimum Gasteiger partial charge on any atom is -0.379 e. The van der Waals surface area contributed by atoms with Crippen molar-refractivity contribution in [2.75, 3.05) is 32.8 Å². The molecule has 16 heavy (non-hydrogen) atoms. The first-order valence-electron chi connectivity index (χ1n) is 6.46. The molecule has 1 saturated heterocycles. The highest BCUT2D eigenvalue weighted by molar-refractivity contribution is 4.81. The topological polar surface area (TPSA) is 24.5 Å². The van der Waals surface area contributed by atoms with Crippen molar-refractivity contribution in [2.45, 2.75) is 46.7 Å². The van der Waals surface area contributed by atoms with Gasteiger partial charge in [-0.25, -0.2) is 0 Å². The zero-order valence-corrected chi connectivity index (χ0v) is 11.5. The van der Waals surface area contributed by atoms with Gasteiger partial charge in [0.05, 0.1) is 13.2 Å². The van der Waals surface area contributed by atoms with Crippen LogP contribution in [0.4, 0.5) is 0 Å². The number of nitrogens with one attached hydrogen (secondary N) is 1. The molecule has 0 aliphatic carbocycles. The molecule has 0 saturated carbocycles. The Bertz CT molecular complexity index is 204. The van der Waals surface area contributed by atoms with Gasteiger partial charge in [-0.1, -0.05) is 27.7 Å². The smallest absolute Gasteiger partial charge is 0.0619 e. The summed E-state index contributed by atoms with van der Waals surface area (Å²) in [6.45, 7) is 16.4. The summed E-state index contributed by atoms with van der Waals surface area (Å²) in [6.07, 6.45) is 0. The van der Waals surface area contributed by atoms with Crippen LogP contribution in [0, 0.1) is 5.41 Å². The van der Waals surface area contributed by atoms with Crippen LogP contribution >= 0.6 is 0 Å². The van der Waals surface area contributed by atoms with Gasteiger partial charge < -0.3 is 10.1 Å².